The molecule has 0 aromatic carbocycles. The summed E-state index contributed by atoms with van der Waals surface area (Å²) < 4.78 is 7.36. The maximum absolute atomic E-state index is 5.42. The molecule has 1 aliphatic carbocycles. The molecule has 0 aliphatic heterocycles. The molecule has 17 heavy (non-hydrogen) atoms. The number of aromatic nitrogens is 2. The standard InChI is InChI=1S/C13H23N3O/c1-14-12(10-7-5-4-6-8-10)13-11(17-3)9-15-16(13)2/h9-10,12,14H,4-8H2,1-3H3. The molecule has 1 aromatic rings. The van der Waals surface area contributed by atoms with Crippen LogP contribution in [0.4, 0.5) is 0 Å². The highest BCUT2D eigenvalue weighted by atomic mass is 16.5. The fourth-order valence-electron chi connectivity index (χ4n) is 3.00. The highest BCUT2D eigenvalue weighted by Gasteiger charge is 2.28. The van der Waals surface area contributed by atoms with Gasteiger partial charge >= 0.3 is 0 Å². The van der Waals surface area contributed by atoms with Crippen molar-refractivity contribution in [3.05, 3.63) is 11.9 Å². The van der Waals surface area contributed by atoms with E-state index in [2.05, 4.69) is 10.4 Å². The monoisotopic (exact) mass is 237 g/mol. The van der Waals surface area contributed by atoms with E-state index in [1.165, 1.54) is 37.8 Å². The summed E-state index contributed by atoms with van der Waals surface area (Å²) in [6, 6.07) is 0.359. The Labute approximate surface area is 103 Å². The number of hydrogen-bond donors (Lipinski definition) is 1. The van der Waals surface area contributed by atoms with Crippen molar-refractivity contribution in [3.8, 4) is 5.75 Å². The zero-order valence-electron chi connectivity index (χ0n) is 11.1. The lowest BCUT2D eigenvalue weighted by molar-refractivity contribution is 0.266. The highest BCUT2D eigenvalue weighted by Crippen LogP contribution is 2.37. The van der Waals surface area contributed by atoms with Crippen LogP contribution in [0.1, 0.15) is 43.8 Å². The van der Waals surface area contributed by atoms with E-state index in [4.69, 9.17) is 4.74 Å². The van der Waals surface area contributed by atoms with E-state index >= 15 is 0 Å². The summed E-state index contributed by atoms with van der Waals surface area (Å²) in [5.41, 5.74) is 1.18. The Hall–Kier alpha value is -1.03. The van der Waals surface area contributed by atoms with Gasteiger partial charge in [-0.05, 0) is 25.8 Å². The summed E-state index contributed by atoms with van der Waals surface area (Å²) >= 11 is 0. The van der Waals surface area contributed by atoms with E-state index in [1.54, 1.807) is 7.11 Å². The second kappa shape index (κ2) is 5.54. The average Bonchev–Trinajstić information content (AvgIpc) is 2.74. The van der Waals surface area contributed by atoms with E-state index in [1.807, 2.05) is 25.0 Å². The van der Waals surface area contributed by atoms with Gasteiger partial charge in [-0.2, -0.15) is 5.10 Å². The van der Waals surface area contributed by atoms with Crippen molar-refractivity contribution in [2.75, 3.05) is 14.2 Å². The second-order valence-electron chi connectivity index (χ2n) is 4.89. The van der Waals surface area contributed by atoms with Crippen molar-refractivity contribution in [1.82, 2.24) is 15.1 Å². The third-order valence-corrected chi connectivity index (χ3v) is 3.90. The number of ether oxygens (including phenoxy) is 1. The van der Waals surface area contributed by atoms with E-state index in [0.717, 1.165) is 5.75 Å². The molecule has 0 radical (unpaired) electrons. The molecule has 1 aromatic heterocycles. The van der Waals surface area contributed by atoms with Gasteiger partial charge < -0.3 is 10.1 Å². The Kier molecular flexibility index (Phi) is 4.05. The predicted octanol–water partition coefficient (Wildman–Crippen LogP) is 2.27. The first-order valence-corrected chi connectivity index (χ1v) is 6.51. The molecule has 1 aliphatic rings. The number of nitrogens with one attached hydrogen (secondary N) is 1. The zero-order valence-corrected chi connectivity index (χ0v) is 11.1. The van der Waals surface area contributed by atoms with Crippen LogP contribution in [0, 0.1) is 5.92 Å². The van der Waals surface area contributed by atoms with Crippen molar-refractivity contribution in [2.24, 2.45) is 13.0 Å². The lowest BCUT2D eigenvalue weighted by atomic mass is 9.82. The number of rotatable bonds is 4. The van der Waals surface area contributed by atoms with Crippen molar-refractivity contribution in [2.45, 2.75) is 38.1 Å². The summed E-state index contributed by atoms with van der Waals surface area (Å²) in [5, 5.41) is 7.75. The Morgan fingerprint density at radius 2 is 2.12 bits per heavy atom. The predicted molar refractivity (Wildman–Crippen MR) is 68.1 cm³/mol. The van der Waals surface area contributed by atoms with Gasteiger partial charge in [-0.3, -0.25) is 4.68 Å². The largest absolute Gasteiger partial charge is 0.493 e. The minimum atomic E-state index is 0.359. The Morgan fingerprint density at radius 1 is 1.41 bits per heavy atom. The van der Waals surface area contributed by atoms with Gasteiger partial charge in [-0.1, -0.05) is 19.3 Å². The van der Waals surface area contributed by atoms with Gasteiger partial charge in [-0.25, -0.2) is 0 Å². The number of aryl methyl sites for hydroxylation is 1. The average molecular weight is 237 g/mol. The van der Waals surface area contributed by atoms with Crippen LogP contribution in [-0.4, -0.2) is 23.9 Å². The number of nitrogens with zero attached hydrogens (tertiary/aromatic N) is 2. The molecule has 1 fully saturated rings. The Balaban J connectivity index is 2.23. The summed E-state index contributed by atoms with van der Waals surface area (Å²) in [7, 11) is 5.74. The van der Waals surface area contributed by atoms with E-state index in [0.29, 0.717) is 12.0 Å². The van der Waals surface area contributed by atoms with E-state index in [-0.39, 0.29) is 0 Å². The third kappa shape index (κ3) is 2.46. The molecule has 0 amide bonds. The highest BCUT2D eigenvalue weighted by molar-refractivity contribution is 5.28. The van der Waals surface area contributed by atoms with Crippen molar-refractivity contribution in [3.63, 3.8) is 0 Å². The molecule has 0 bridgehead atoms. The molecule has 4 heteroatoms. The van der Waals surface area contributed by atoms with Gasteiger partial charge in [0.1, 0.15) is 0 Å². The summed E-state index contributed by atoms with van der Waals surface area (Å²) in [5.74, 6) is 1.61. The molecule has 1 N–H and O–H groups in total. The van der Waals surface area contributed by atoms with Gasteiger partial charge in [-0.15, -0.1) is 0 Å². The van der Waals surface area contributed by atoms with Crippen molar-refractivity contribution < 1.29 is 4.74 Å². The van der Waals surface area contributed by atoms with E-state index in [9.17, 15) is 0 Å². The smallest absolute Gasteiger partial charge is 0.161 e. The second-order valence-corrected chi connectivity index (χ2v) is 4.89. The molecule has 1 atom stereocenters. The van der Waals surface area contributed by atoms with Crippen LogP contribution in [0.15, 0.2) is 6.20 Å². The van der Waals surface area contributed by atoms with Crippen LogP contribution in [-0.2, 0) is 7.05 Å². The Bertz CT molecular complexity index is 356. The fraction of sp³-hybridized carbons (Fsp3) is 0.769. The Morgan fingerprint density at radius 3 is 2.71 bits per heavy atom. The first-order chi connectivity index (χ1) is 8.27. The van der Waals surface area contributed by atoms with Gasteiger partial charge in [0, 0.05) is 7.05 Å². The lowest BCUT2D eigenvalue weighted by Crippen LogP contribution is -2.29. The molecule has 2 rings (SSSR count). The molecule has 96 valence electrons. The van der Waals surface area contributed by atoms with Gasteiger partial charge in [0.2, 0.25) is 0 Å². The molecule has 0 saturated heterocycles. The third-order valence-electron chi connectivity index (χ3n) is 3.90. The quantitative estimate of drug-likeness (QED) is 0.873. The summed E-state index contributed by atoms with van der Waals surface area (Å²) in [4.78, 5) is 0. The minimum Gasteiger partial charge on any atom is -0.493 e. The molecule has 4 nitrogen and oxygen atoms in total. The topological polar surface area (TPSA) is 39.1 Å². The minimum absolute atomic E-state index is 0.359. The SMILES string of the molecule is CNC(c1c(OC)cnn1C)C1CCCCC1. The van der Waals surface area contributed by atoms with Crippen LogP contribution in [0.2, 0.25) is 0 Å². The normalized spacial score (nSPS) is 19.2. The maximum atomic E-state index is 5.42. The van der Waals surface area contributed by atoms with Gasteiger partial charge in [0.05, 0.1) is 25.0 Å². The van der Waals surface area contributed by atoms with Crippen molar-refractivity contribution >= 4 is 0 Å². The van der Waals surface area contributed by atoms with Gasteiger partial charge in [0.15, 0.2) is 5.75 Å². The molecule has 1 unspecified atom stereocenters. The maximum Gasteiger partial charge on any atom is 0.161 e. The first-order valence-electron chi connectivity index (χ1n) is 6.51. The fourth-order valence-corrected chi connectivity index (χ4v) is 3.00. The zero-order chi connectivity index (χ0) is 12.3. The molecule has 1 heterocycles. The number of methoxy groups -OCH3 is 1. The van der Waals surface area contributed by atoms with Crippen LogP contribution in [0.5, 0.6) is 5.75 Å². The first kappa shape index (κ1) is 12.4. The number of hydrogen-bond acceptors (Lipinski definition) is 3. The molecular weight excluding hydrogens is 214 g/mol. The molecule has 1 saturated carbocycles. The van der Waals surface area contributed by atoms with Crippen molar-refractivity contribution in [1.29, 1.82) is 0 Å². The summed E-state index contributed by atoms with van der Waals surface area (Å²) in [6.45, 7) is 0. The van der Waals surface area contributed by atoms with E-state index < -0.39 is 0 Å². The van der Waals surface area contributed by atoms with Crippen LogP contribution in [0.3, 0.4) is 0 Å². The lowest BCUT2D eigenvalue weighted by Gasteiger charge is -2.30. The summed E-state index contributed by atoms with van der Waals surface area (Å²) in [6.07, 6.45) is 8.50. The molecular formula is C13H23N3O. The van der Waals surface area contributed by atoms with Gasteiger partial charge in [0.25, 0.3) is 0 Å². The molecule has 0 spiro atoms. The van der Waals surface area contributed by atoms with Crippen LogP contribution >= 0.6 is 0 Å². The van der Waals surface area contributed by atoms with Crippen LogP contribution in [0.25, 0.3) is 0 Å². The van der Waals surface area contributed by atoms with Crippen LogP contribution < -0.4 is 10.1 Å².